The van der Waals surface area contributed by atoms with Crippen LogP contribution in [-0.4, -0.2) is 45.0 Å². The number of nitrogens with zero attached hydrogens (tertiary/aromatic N) is 2. The van der Waals surface area contributed by atoms with Crippen molar-refractivity contribution in [2.75, 3.05) is 12.0 Å². The van der Waals surface area contributed by atoms with E-state index in [0.29, 0.717) is 22.3 Å². The third-order valence-corrected chi connectivity index (χ3v) is 5.51. The molecule has 4 rings (SSSR count). The van der Waals surface area contributed by atoms with Crippen molar-refractivity contribution >= 4 is 34.6 Å². The number of aromatic nitrogens is 2. The molecule has 0 spiro atoms. The van der Waals surface area contributed by atoms with Crippen LogP contribution >= 0.6 is 0 Å². The summed E-state index contributed by atoms with van der Waals surface area (Å²) in [6.07, 6.45) is 0. The van der Waals surface area contributed by atoms with Crippen LogP contribution in [0.2, 0.25) is 0 Å². The Labute approximate surface area is 189 Å². The number of aliphatic hydroxyl groups is 1. The Hall–Kier alpha value is -4.14. The highest BCUT2D eigenvalue weighted by atomic mass is 16.5. The van der Waals surface area contributed by atoms with Crippen molar-refractivity contribution in [1.29, 1.82) is 0 Å². The lowest BCUT2D eigenvalue weighted by Gasteiger charge is -2.27. The Morgan fingerprint density at radius 1 is 1.12 bits per heavy atom. The fourth-order valence-electron chi connectivity index (χ4n) is 3.80. The van der Waals surface area contributed by atoms with E-state index in [9.17, 15) is 24.6 Å². The summed E-state index contributed by atoms with van der Waals surface area (Å²) in [7, 11) is 1.53. The molecule has 1 aliphatic rings. The molecular formula is C24H23N3O6. The van der Waals surface area contributed by atoms with Crippen LogP contribution in [0.5, 0.6) is 5.75 Å². The molecule has 1 aromatic heterocycles. The third-order valence-electron chi connectivity index (χ3n) is 5.51. The van der Waals surface area contributed by atoms with E-state index in [1.807, 2.05) is 0 Å². The molecule has 0 bridgehead atoms. The van der Waals surface area contributed by atoms with Gasteiger partial charge in [-0.15, -0.1) is 0 Å². The van der Waals surface area contributed by atoms with Gasteiger partial charge in [0.05, 0.1) is 35.3 Å². The van der Waals surface area contributed by atoms with Gasteiger partial charge >= 0.3 is 5.97 Å². The largest absolute Gasteiger partial charge is 0.503 e. The summed E-state index contributed by atoms with van der Waals surface area (Å²) < 4.78 is 5.21. The first-order chi connectivity index (χ1) is 15.5. The SMILES string of the molecule is COc1ccc(C2C(C(=O)C(C)(C)C)=C(O)C(=O)N2c2nc3ccc(C(=O)O)cc3[nH]2)cc1. The van der Waals surface area contributed by atoms with Gasteiger partial charge in [0.25, 0.3) is 5.91 Å². The topological polar surface area (TPSA) is 133 Å². The maximum Gasteiger partial charge on any atom is 0.335 e. The van der Waals surface area contributed by atoms with Crippen molar-refractivity contribution in [3.63, 3.8) is 0 Å². The average molecular weight is 449 g/mol. The van der Waals surface area contributed by atoms with Crippen molar-refractivity contribution < 1.29 is 29.3 Å². The highest BCUT2D eigenvalue weighted by Gasteiger charge is 2.47. The van der Waals surface area contributed by atoms with Crippen molar-refractivity contribution in [3.8, 4) is 5.75 Å². The number of carbonyl (C=O) groups is 3. The maximum atomic E-state index is 13.3. The van der Waals surface area contributed by atoms with Crippen LogP contribution in [0, 0.1) is 5.41 Å². The fourth-order valence-corrected chi connectivity index (χ4v) is 3.80. The number of carbonyl (C=O) groups excluding carboxylic acids is 2. The number of hydrogen-bond acceptors (Lipinski definition) is 6. The number of imidazole rings is 1. The minimum atomic E-state index is -1.10. The zero-order chi connectivity index (χ0) is 24.1. The number of H-pyrrole nitrogens is 1. The number of anilines is 1. The number of benzene rings is 2. The van der Waals surface area contributed by atoms with Crippen LogP contribution in [0.15, 0.2) is 53.8 Å². The van der Waals surface area contributed by atoms with Crippen LogP contribution < -0.4 is 9.64 Å². The average Bonchev–Trinajstić information content (AvgIpc) is 3.30. The first-order valence-corrected chi connectivity index (χ1v) is 10.2. The summed E-state index contributed by atoms with van der Waals surface area (Å²) in [5.74, 6) is -2.21. The number of hydrogen-bond donors (Lipinski definition) is 3. The zero-order valence-corrected chi connectivity index (χ0v) is 18.5. The monoisotopic (exact) mass is 449 g/mol. The molecule has 1 aliphatic heterocycles. The second kappa shape index (κ2) is 7.77. The molecule has 170 valence electrons. The Morgan fingerprint density at radius 2 is 1.79 bits per heavy atom. The van der Waals surface area contributed by atoms with Gasteiger partial charge in [0.1, 0.15) is 5.75 Å². The smallest absolute Gasteiger partial charge is 0.335 e. The standard InChI is InChI=1S/C24H23N3O6/c1-24(2,3)20(29)17-18(12-5-8-14(33-4)9-6-12)27(21(30)19(17)28)23-25-15-10-7-13(22(31)32)11-16(15)26-23/h5-11,18,28H,1-4H3,(H,25,26)(H,31,32). The Morgan fingerprint density at radius 3 is 2.36 bits per heavy atom. The molecule has 3 aromatic rings. The van der Waals surface area contributed by atoms with Gasteiger partial charge < -0.3 is 19.9 Å². The Kier molecular flexibility index (Phi) is 5.20. The van der Waals surface area contributed by atoms with Gasteiger partial charge in [-0.3, -0.25) is 14.5 Å². The molecular weight excluding hydrogens is 426 g/mol. The molecule has 3 N–H and O–H groups in total. The Bertz CT molecular complexity index is 1310. The van der Waals surface area contributed by atoms with Crippen LogP contribution in [-0.2, 0) is 9.59 Å². The molecule has 9 heteroatoms. The summed E-state index contributed by atoms with van der Waals surface area (Å²) in [5.41, 5.74) is 0.598. The first-order valence-electron chi connectivity index (χ1n) is 10.2. The lowest BCUT2D eigenvalue weighted by Crippen LogP contribution is -2.33. The van der Waals surface area contributed by atoms with Crippen molar-refractivity contribution in [3.05, 3.63) is 64.9 Å². The molecule has 9 nitrogen and oxygen atoms in total. The molecule has 1 unspecified atom stereocenters. The first kappa shape index (κ1) is 22.1. The van der Waals surface area contributed by atoms with Crippen LogP contribution in [0.4, 0.5) is 5.95 Å². The molecule has 0 saturated carbocycles. The number of aliphatic hydroxyl groups excluding tert-OH is 1. The molecule has 0 radical (unpaired) electrons. The molecule has 1 amide bonds. The quantitative estimate of drug-likeness (QED) is 0.540. The maximum absolute atomic E-state index is 13.3. The third kappa shape index (κ3) is 3.71. The molecule has 2 aromatic carbocycles. The van der Waals surface area contributed by atoms with Crippen LogP contribution in [0.25, 0.3) is 11.0 Å². The van der Waals surface area contributed by atoms with Crippen molar-refractivity contribution in [2.24, 2.45) is 5.41 Å². The van der Waals surface area contributed by atoms with E-state index < -0.39 is 29.1 Å². The molecule has 1 atom stereocenters. The lowest BCUT2D eigenvalue weighted by atomic mass is 9.82. The number of Topliss-reactive ketones (excluding diaryl/α,β-unsaturated/α-hetero) is 1. The molecule has 0 fully saturated rings. The number of aromatic carboxylic acids is 1. The predicted molar refractivity (Wildman–Crippen MR) is 120 cm³/mol. The number of aromatic amines is 1. The van der Waals surface area contributed by atoms with Crippen molar-refractivity contribution in [2.45, 2.75) is 26.8 Å². The Balaban J connectivity index is 1.89. The second-order valence-electron chi connectivity index (χ2n) is 8.79. The summed E-state index contributed by atoms with van der Waals surface area (Å²) in [4.78, 5) is 46.4. The van der Waals surface area contributed by atoms with Gasteiger partial charge in [-0.1, -0.05) is 32.9 Å². The number of carboxylic acid groups (broad SMARTS) is 1. The van der Waals surface area contributed by atoms with E-state index in [1.165, 1.54) is 30.2 Å². The van der Waals surface area contributed by atoms with E-state index in [0.717, 1.165) is 0 Å². The summed E-state index contributed by atoms with van der Waals surface area (Å²) in [6, 6.07) is 10.2. The molecule has 0 aliphatic carbocycles. The highest BCUT2D eigenvalue weighted by Crippen LogP contribution is 2.43. The zero-order valence-electron chi connectivity index (χ0n) is 18.5. The number of ketones is 1. The second-order valence-corrected chi connectivity index (χ2v) is 8.79. The van der Waals surface area contributed by atoms with Gasteiger partial charge in [0, 0.05) is 5.41 Å². The fraction of sp³-hybridized carbons (Fsp3) is 0.250. The van der Waals surface area contributed by atoms with E-state index >= 15 is 0 Å². The summed E-state index contributed by atoms with van der Waals surface area (Å²) >= 11 is 0. The van der Waals surface area contributed by atoms with E-state index in [1.54, 1.807) is 45.0 Å². The van der Waals surface area contributed by atoms with E-state index in [2.05, 4.69) is 9.97 Å². The minimum Gasteiger partial charge on any atom is -0.503 e. The van der Waals surface area contributed by atoms with Gasteiger partial charge in [-0.25, -0.2) is 9.78 Å². The van der Waals surface area contributed by atoms with E-state index in [-0.39, 0.29) is 22.9 Å². The van der Waals surface area contributed by atoms with Gasteiger partial charge in [-0.05, 0) is 35.9 Å². The summed E-state index contributed by atoms with van der Waals surface area (Å²) in [5, 5.41) is 20.0. The van der Waals surface area contributed by atoms with Gasteiger partial charge in [-0.2, -0.15) is 0 Å². The molecule has 33 heavy (non-hydrogen) atoms. The molecule has 2 heterocycles. The number of rotatable bonds is 5. The lowest BCUT2D eigenvalue weighted by molar-refractivity contribution is -0.123. The number of methoxy groups -OCH3 is 1. The number of nitrogens with one attached hydrogen (secondary N) is 1. The number of amides is 1. The normalized spacial score (nSPS) is 16.5. The van der Waals surface area contributed by atoms with Crippen LogP contribution in [0.3, 0.4) is 0 Å². The van der Waals surface area contributed by atoms with Crippen molar-refractivity contribution in [1.82, 2.24) is 9.97 Å². The summed E-state index contributed by atoms with van der Waals surface area (Å²) in [6.45, 7) is 5.13. The predicted octanol–water partition coefficient (Wildman–Crippen LogP) is 3.78. The van der Waals surface area contributed by atoms with Crippen LogP contribution in [0.1, 0.15) is 42.7 Å². The highest BCUT2D eigenvalue weighted by molar-refractivity contribution is 6.17. The van der Waals surface area contributed by atoms with Gasteiger partial charge in [0.15, 0.2) is 11.5 Å². The number of fused-ring (bicyclic) bond motifs is 1. The molecule has 0 saturated heterocycles. The van der Waals surface area contributed by atoms with Gasteiger partial charge in [0.2, 0.25) is 5.95 Å². The number of carboxylic acids is 1. The van der Waals surface area contributed by atoms with E-state index in [4.69, 9.17) is 4.74 Å². The minimum absolute atomic E-state index is 0.0238. The number of ether oxygens (including phenoxy) is 1.